The highest BCUT2D eigenvalue weighted by Crippen LogP contribution is 2.25. The smallest absolute Gasteiger partial charge is 0.202 e. The summed E-state index contributed by atoms with van der Waals surface area (Å²) in [5.74, 6) is 0.315. The molecule has 0 spiro atoms. The van der Waals surface area contributed by atoms with Gasteiger partial charge in [-0.3, -0.25) is 4.79 Å². The molecule has 0 saturated carbocycles. The van der Waals surface area contributed by atoms with Gasteiger partial charge in [0.25, 0.3) is 0 Å². The van der Waals surface area contributed by atoms with Crippen molar-refractivity contribution >= 4 is 40.6 Å². The van der Waals surface area contributed by atoms with E-state index < -0.39 is 6.10 Å². The number of ether oxygens (including phenoxy) is 1. The minimum absolute atomic E-state index is 0.141. The summed E-state index contributed by atoms with van der Waals surface area (Å²) >= 11 is 17.6. The van der Waals surface area contributed by atoms with Gasteiger partial charge in [-0.1, -0.05) is 34.8 Å². The molecule has 0 aliphatic rings. The van der Waals surface area contributed by atoms with Crippen molar-refractivity contribution in [1.29, 1.82) is 0 Å². The van der Waals surface area contributed by atoms with Crippen LogP contribution in [0.5, 0.6) is 5.75 Å². The van der Waals surface area contributed by atoms with E-state index in [2.05, 4.69) is 0 Å². The first-order valence-corrected chi connectivity index (χ1v) is 7.01. The number of rotatable bonds is 4. The molecule has 1 unspecified atom stereocenters. The van der Waals surface area contributed by atoms with Crippen LogP contribution < -0.4 is 4.74 Å². The van der Waals surface area contributed by atoms with Gasteiger partial charge in [-0.25, -0.2) is 0 Å². The zero-order valence-electron chi connectivity index (χ0n) is 10.6. The van der Waals surface area contributed by atoms with Crippen molar-refractivity contribution in [3.63, 3.8) is 0 Å². The van der Waals surface area contributed by atoms with Gasteiger partial charge in [0.15, 0.2) is 6.10 Å². The van der Waals surface area contributed by atoms with Crippen molar-refractivity contribution < 1.29 is 9.53 Å². The zero-order valence-corrected chi connectivity index (χ0v) is 12.8. The van der Waals surface area contributed by atoms with E-state index >= 15 is 0 Å². The van der Waals surface area contributed by atoms with Crippen LogP contribution in [0.1, 0.15) is 17.3 Å². The fourth-order valence-corrected chi connectivity index (χ4v) is 2.34. The molecule has 2 nitrogen and oxygen atoms in total. The van der Waals surface area contributed by atoms with Crippen LogP contribution in [0, 0.1) is 0 Å². The van der Waals surface area contributed by atoms with Gasteiger partial charge in [-0.15, -0.1) is 0 Å². The van der Waals surface area contributed by atoms with E-state index in [-0.39, 0.29) is 5.78 Å². The Labute approximate surface area is 132 Å². The average molecular weight is 330 g/mol. The highest BCUT2D eigenvalue weighted by Gasteiger charge is 2.17. The summed E-state index contributed by atoms with van der Waals surface area (Å²) in [4.78, 5) is 12.2. The third-order valence-electron chi connectivity index (χ3n) is 2.65. The molecule has 0 aromatic heterocycles. The molecular weight excluding hydrogens is 319 g/mol. The van der Waals surface area contributed by atoms with E-state index in [1.165, 1.54) is 0 Å². The van der Waals surface area contributed by atoms with Crippen LogP contribution in [0.25, 0.3) is 0 Å². The summed E-state index contributed by atoms with van der Waals surface area (Å²) in [6.07, 6.45) is -0.647. The lowest BCUT2D eigenvalue weighted by molar-refractivity contribution is 0.0818. The molecule has 0 aliphatic heterocycles. The maximum absolute atomic E-state index is 12.2. The highest BCUT2D eigenvalue weighted by atomic mass is 35.5. The molecule has 0 N–H and O–H groups in total. The molecular formula is C15H11Cl3O2. The maximum atomic E-state index is 12.2. The molecule has 0 heterocycles. The molecule has 1 atom stereocenters. The molecule has 5 heteroatoms. The predicted octanol–water partition coefficient (Wildman–Crippen LogP) is 5.30. The molecule has 0 bridgehead atoms. The van der Waals surface area contributed by atoms with Crippen LogP contribution in [0.3, 0.4) is 0 Å². The number of ketones is 1. The first-order chi connectivity index (χ1) is 9.45. The van der Waals surface area contributed by atoms with Crippen molar-refractivity contribution in [2.24, 2.45) is 0 Å². The van der Waals surface area contributed by atoms with E-state index in [0.29, 0.717) is 26.4 Å². The number of carbonyl (C=O) groups excluding carboxylic acids is 1. The lowest BCUT2D eigenvalue weighted by Crippen LogP contribution is -2.23. The van der Waals surface area contributed by atoms with Crippen LogP contribution in [-0.2, 0) is 0 Å². The largest absolute Gasteiger partial charge is 0.482 e. The predicted molar refractivity (Wildman–Crippen MR) is 82.3 cm³/mol. The van der Waals surface area contributed by atoms with Crippen LogP contribution in [0.15, 0.2) is 42.5 Å². The van der Waals surface area contributed by atoms with Crippen LogP contribution in [0.2, 0.25) is 15.1 Å². The topological polar surface area (TPSA) is 26.3 Å². The molecule has 0 radical (unpaired) electrons. The van der Waals surface area contributed by atoms with Gasteiger partial charge in [0.05, 0.1) is 0 Å². The van der Waals surface area contributed by atoms with Crippen molar-refractivity contribution in [3.05, 3.63) is 63.1 Å². The van der Waals surface area contributed by atoms with Gasteiger partial charge < -0.3 is 4.74 Å². The van der Waals surface area contributed by atoms with Gasteiger partial charge >= 0.3 is 0 Å². The summed E-state index contributed by atoms with van der Waals surface area (Å²) < 4.78 is 5.57. The Balaban J connectivity index is 2.13. The Morgan fingerprint density at radius 1 is 0.950 bits per heavy atom. The number of hydrogen-bond acceptors (Lipinski definition) is 2. The van der Waals surface area contributed by atoms with E-state index in [0.717, 1.165) is 0 Å². The summed E-state index contributed by atoms with van der Waals surface area (Å²) in [6.45, 7) is 1.67. The molecule has 2 rings (SSSR count). The Bertz CT molecular complexity index is 603. The highest BCUT2D eigenvalue weighted by molar-refractivity contribution is 6.34. The molecule has 20 heavy (non-hydrogen) atoms. The monoisotopic (exact) mass is 328 g/mol. The Hall–Kier alpha value is -1.22. The summed E-state index contributed by atoms with van der Waals surface area (Å²) in [6, 6.07) is 11.5. The second-order valence-corrected chi connectivity index (χ2v) is 5.55. The lowest BCUT2D eigenvalue weighted by Gasteiger charge is -2.14. The molecule has 0 fully saturated rings. The maximum Gasteiger partial charge on any atom is 0.202 e. The number of hydrogen-bond donors (Lipinski definition) is 0. The van der Waals surface area contributed by atoms with Crippen LogP contribution in [-0.4, -0.2) is 11.9 Å². The van der Waals surface area contributed by atoms with Crippen molar-refractivity contribution in [2.45, 2.75) is 13.0 Å². The Morgan fingerprint density at radius 2 is 1.50 bits per heavy atom. The average Bonchev–Trinajstić information content (AvgIpc) is 2.37. The molecule has 0 amide bonds. The van der Waals surface area contributed by atoms with Gasteiger partial charge in [0, 0.05) is 20.6 Å². The molecule has 0 saturated heterocycles. The van der Waals surface area contributed by atoms with Gasteiger partial charge in [-0.05, 0) is 49.4 Å². The van der Waals surface area contributed by atoms with Gasteiger partial charge in [0.1, 0.15) is 5.75 Å². The van der Waals surface area contributed by atoms with Crippen LogP contribution in [0.4, 0.5) is 0 Å². The van der Waals surface area contributed by atoms with Crippen molar-refractivity contribution in [3.8, 4) is 5.75 Å². The summed E-state index contributed by atoms with van der Waals surface area (Å²) in [5, 5.41) is 1.49. The second kappa shape index (κ2) is 6.49. The molecule has 2 aromatic carbocycles. The molecule has 2 aromatic rings. The fraction of sp³-hybridized carbons (Fsp3) is 0.133. The third-order valence-corrected chi connectivity index (χ3v) is 3.34. The number of Topliss-reactive ketones (excluding diaryl/α,β-unsaturated/α-hetero) is 1. The number of benzene rings is 2. The first kappa shape index (κ1) is 15.2. The standard InChI is InChI=1S/C15H11Cl3O2/c1-9(15(19)10-2-4-11(16)5-3-10)20-14-7-12(17)6-13(18)8-14/h2-9H,1H3. The SMILES string of the molecule is CC(Oc1cc(Cl)cc(Cl)c1)C(=O)c1ccc(Cl)cc1. The van der Waals surface area contributed by atoms with Gasteiger partial charge in [-0.2, -0.15) is 0 Å². The van der Waals surface area contributed by atoms with Crippen molar-refractivity contribution in [2.75, 3.05) is 0 Å². The lowest BCUT2D eigenvalue weighted by atomic mass is 10.1. The van der Waals surface area contributed by atoms with Gasteiger partial charge in [0.2, 0.25) is 5.78 Å². The molecule has 0 aliphatic carbocycles. The minimum Gasteiger partial charge on any atom is -0.482 e. The van der Waals surface area contributed by atoms with E-state index in [4.69, 9.17) is 39.5 Å². The van der Waals surface area contributed by atoms with Crippen LogP contribution >= 0.6 is 34.8 Å². The van der Waals surface area contributed by atoms with E-state index in [9.17, 15) is 4.79 Å². The van der Waals surface area contributed by atoms with E-state index in [1.54, 1.807) is 49.4 Å². The fourth-order valence-electron chi connectivity index (χ4n) is 1.70. The quantitative estimate of drug-likeness (QED) is 0.712. The van der Waals surface area contributed by atoms with E-state index in [1.807, 2.05) is 0 Å². The number of halogens is 3. The Morgan fingerprint density at radius 3 is 2.05 bits per heavy atom. The first-order valence-electron chi connectivity index (χ1n) is 5.88. The number of carbonyl (C=O) groups is 1. The zero-order chi connectivity index (χ0) is 14.7. The van der Waals surface area contributed by atoms with Crippen molar-refractivity contribution in [1.82, 2.24) is 0 Å². The normalized spacial score (nSPS) is 12.0. The second-order valence-electron chi connectivity index (χ2n) is 4.24. The third kappa shape index (κ3) is 3.89. The summed E-state index contributed by atoms with van der Waals surface area (Å²) in [5.41, 5.74) is 0.537. The summed E-state index contributed by atoms with van der Waals surface area (Å²) in [7, 11) is 0. The Kier molecular flexibility index (Phi) is 4.92. The minimum atomic E-state index is -0.647. The molecule has 104 valence electrons.